The van der Waals surface area contributed by atoms with Crippen LogP contribution in [0.5, 0.6) is 0 Å². The lowest BCUT2D eigenvalue weighted by molar-refractivity contribution is -0.113. The molecule has 1 aliphatic heterocycles. The molecule has 0 saturated carbocycles. The van der Waals surface area contributed by atoms with Crippen molar-refractivity contribution >= 4 is 40.6 Å². The standard InChI is InChI=1S/C27H20ClN3O2S/c1-17-23(25(32)30-21-10-6-3-7-11-21)24(19-8-4-2-5-9-19)31-26(33)22(34-27(31)29-17)16-18-12-14-20(28)15-13-18/h2-16,24H,1H3,(H,30,32)/b22-16-/t24-/m1/s1. The molecule has 5 rings (SSSR count). The van der Waals surface area contributed by atoms with Crippen molar-refractivity contribution in [3.05, 3.63) is 132 Å². The summed E-state index contributed by atoms with van der Waals surface area (Å²) in [6.07, 6.45) is 1.82. The van der Waals surface area contributed by atoms with E-state index in [1.165, 1.54) is 11.3 Å². The Morgan fingerprint density at radius 3 is 2.32 bits per heavy atom. The number of carbonyl (C=O) groups is 1. The van der Waals surface area contributed by atoms with Gasteiger partial charge in [-0.15, -0.1) is 0 Å². The molecular formula is C27H20ClN3O2S. The number of aromatic nitrogens is 1. The number of hydrogen-bond acceptors (Lipinski definition) is 4. The van der Waals surface area contributed by atoms with Gasteiger partial charge in [0.1, 0.15) is 0 Å². The van der Waals surface area contributed by atoms with Gasteiger partial charge in [-0.25, -0.2) is 4.99 Å². The lowest BCUT2D eigenvalue weighted by atomic mass is 9.95. The molecule has 0 unspecified atom stereocenters. The second kappa shape index (κ2) is 9.25. The molecule has 7 heteroatoms. The number of halogens is 1. The van der Waals surface area contributed by atoms with Crippen molar-refractivity contribution in [1.82, 2.24) is 4.57 Å². The zero-order chi connectivity index (χ0) is 23.7. The summed E-state index contributed by atoms with van der Waals surface area (Å²) in [6, 6.07) is 25.5. The first-order chi connectivity index (χ1) is 16.5. The summed E-state index contributed by atoms with van der Waals surface area (Å²) >= 11 is 7.31. The average Bonchev–Trinajstić information content (AvgIpc) is 3.15. The zero-order valence-electron chi connectivity index (χ0n) is 18.2. The third kappa shape index (κ3) is 4.25. The molecule has 168 valence electrons. The first-order valence-electron chi connectivity index (χ1n) is 10.7. The van der Waals surface area contributed by atoms with E-state index < -0.39 is 6.04 Å². The van der Waals surface area contributed by atoms with Crippen LogP contribution in [-0.4, -0.2) is 10.5 Å². The second-order valence-electron chi connectivity index (χ2n) is 7.86. The van der Waals surface area contributed by atoms with Crippen LogP contribution >= 0.6 is 22.9 Å². The molecule has 2 heterocycles. The fourth-order valence-electron chi connectivity index (χ4n) is 3.99. The minimum atomic E-state index is -0.589. The molecule has 1 amide bonds. The van der Waals surface area contributed by atoms with Crippen LogP contribution in [0.2, 0.25) is 5.02 Å². The molecule has 1 aromatic heterocycles. The first kappa shape index (κ1) is 22.1. The SMILES string of the molecule is CC1=C(C(=O)Nc2ccccc2)[C@@H](c2ccccc2)n2c(s/c(=C\c3ccc(Cl)cc3)c2=O)=N1. The second-order valence-corrected chi connectivity index (χ2v) is 9.31. The maximum Gasteiger partial charge on any atom is 0.271 e. The topological polar surface area (TPSA) is 63.5 Å². The normalized spacial score (nSPS) is 15.6. The van der Waals surface area contributed by atoms with Gasteiger partial charge in [-0.2, -0.15) is 0 Å². The van der Waals surface area contributed by atoms with Crippen LogP contribution in [0, 0.1) is 0 Å². The highest BCUT2D eigenvalue weighted by molar-refractivity contribution is 7.07. The van der Waals surface area contributed by atoms with Gasteiger partial charge in [0.25, 0.3) is 11.5 Å². The Morgan fingerprint density at radius 1 is 1.00 bits per heavy atom. The van der Waals surface area contributed by atoms with E-state index in [2.05, 4.69) is 10.3 Å². The Balaban J connectivity index is 1.66. The monoisotopic (exact) mass is 485 g/mol. The van der Waals surface area contributed by atoms with E-state index in [1.807, 2.05) is 85.8 Å². The van der Waals surface area contributed by atoms with Gasteiger partial charge in [-0.05, 0) is 48.4 Å². The molecular weight excluding hydrogens is 466 g/mol. The maximum atomic E-state index is 13.6. The third-order valence-corrected chi connectivity index (χ3v) is 6.82. The molecule has 3 aromatic carbocycles. The number of amides is 1. The summed E-state index contributed by atoms with van der Waals surface area (Å²) < 4.78 is 2.16. The fraction of sp³-hybridized carbons (Fsp3) is 0.0741. The number of para-hydroxylation sites is 1. The minimum absolute atomic E-state index is 0.190. The van der Waals surface area contributed by atoms with Crippen molar-refractivity contribution in [2.75, 3.05) is 5.32 Å². The van der Waals surface area contributed by atoms with E-state index in [1.54, 1.807) is 16.7 Å². The van der Waals surface area contributed by atoms with Crippen LogP contribution < -0.4 is 20.2 Å². The van der Waals surface area contributed by atoms with Gasteiger partial charge in [0, 0.05) is 10.7 Å². The van der Waals surface area contributed by atoms with Gasteiger partial charge in [0.15, 0.2) is 4.80 Å². The van der Waals surface area contributed by atoms with E-state index in [9.17, 15) is 9.59 Å². The van der Waals surface area contributed by atoms with E-state index in [4.69, 9.17) is 11.6 Å². The van der Waals surface area contributed by atoms with Crippen LogP contribution in [0.25, 0.3) is 6.08 Å². The number of anilines is 1. The van der Waals surface area contributed by atoms with Crippen molar-refractivity contribution in [3.63, 3.8) is 0 Å². The number of benzene rings is 3. The molecule has 34 heavy (non-hydrogen) atoms. The summed E-state index contributed by atoms with van der Waals surface area (Å²) in [7, 11) is 0. The molecule has 0 bridgehead atoms. The van der Waals surface area contributed by atoms with Crippen molar-refractivity contribution in [3.8, 4) is 0 Å². The highest BCUT2D eigenvalue weighted by atomic mass is 35.5. The molecule has 0 radical (unpaired) electrons. The summed E-state index contributed by atoms with van der Waals surface area (Å²) in [4.78, 5) is 32.3. The van der Waals surface area contributed by atoms with Gasteiger partial charge in [-0.3, -0.25) is 14.2 Å². The van der Waals surface area contributed by atoms with E-state index in [-0.39, 0.29) is 11.5 Å². The zero-order valence-corrected chi connectivity index (χ0v) is 19.8. The molecule has 1 atom stereocenters. The minimum Gasteiger partial charge on any atom is -0.322 e. The van der Waals surface area contributed by atoms with Crippen molar-refractivity contribution in [1.29, 1.82) is 0 Å². The predicted molar refractivity (Wildman–Crippen MR) is 137 cm³/mol. The fourth-order valence-corrected chi connectivity index (χ4v) is 5.17. The van der Waals surface area contributed by atoms with Gasteiger partial charge >= 0.3 is 0 Å². The van der Waals surface area contributed by atoms with E-state index >= 15 is 0 Å². The van der Waals surface area contributed by atoms with Gasteiger partial charge in [0.05, 0.1) is 21.8 Å². The smallest absolute Gasteiger partial charge is 0.271 e. The van der Waals surface area contributed by atoms with Crippen LogP contribution in [0.3, 0.4) is 0 Å². The third-order valence-electron chi connectivity index (χ3n) is 5.58. The molecule has 1 N–H and O–H groups in total. The Morgan fingerprint density at radius 2 is 1.65 bits per heavy atom. The number of fused-ring (bicyclic) bond motifs is 1. The lowest BCUT2D eigenvalue weighted by Crippen LogP contribution is -2.40. The lowest BCUT2D eigenvalue weighted by Gasteiger charge is -2.25. The Bertz CT molecular complexity index is 1570. The Labute approximate surface area is 205 Å². The van der Waals surface area contributed by atoms with Crippen LogP contribution in [0.1, 0.15) is 24.1 Å². The number of allylic oxidation sites excluding steroid dienone is 1. The van der Waals surface area contributed by atoms with E-state index in [0.29, 0.717) is 31.3 Å². The summed E-state index contributed by atoms with van der Waals surface area (Å²) in [6.45, 7) is 1.81. The quantitative estimate of drug-likeness (QED) is 0.461. The molecule has 4 aromatic rings. The maximum absolute atomic E-state index is 13.6. The van der Waals surface area contributed by atoms with Gasteiger partial charge in [0.2, 0.25) is 0 Å². The Hall–Kier alpha value is -3.74. The highest BCUT2D eigenvalue weighted by Crippen LogP contribution is 2.30. The summed E-state index contributed by atoms with van der Waals surface area (Å²) in [5.74, 6) is -0.284. The molecule has 0 saturated heterocycles. The first-order valence-corrected chi connectivity index (χ1v) is 11.9. The largest absolute Gasteiger partial charge is 0.322 e. The van der Waals surface area contributed by atoms with Crippen LogP contribution in [-0.2, 0) is 4.79 Å². The molecule has 0 spiro atoms. The number of thiazole rings is 1. The van der Waals surface area contributed by atoms with E-state index in [0.717, 1.165) is 11.1 Å². The summed E-state index contributed by atoms with van der Waals surface area (Å²) in [5.41, 5.74) is 3.23. The number of rotatable bonds is 4. The molecule has 1 aliphatic rings. The van der Waals surface area contributed by atoms with Crippen molar-refractivity contribution in [2.45, 2.75) is 13.0 Å². The predicted octanol–water partition coefficient (Wildman–Crippen LogP) is 4.53. The number of hydrogen-bond donors (Lipinski definition) is 1. The molecule has 0 fully saturated rings. The van der Waals surface area contributed by atoms with Crippen molar-refractivity contribution < 1.29 is 4.79 Å². The average molecular weight is 486 g/mol. The van der Waals surface area contributed by atoms with Gasteiger partial charge < -0.3 is 5.32 Å². The number of carbonyl (C=O) groups excluding carboxylic acids is 1. The number of nitrogens with zero attached hydrogens (tertiary/aromatic N) is 2. The van der Waals surface area contributed by atoms with Crippen LogP contribution in [0.15, 0.2) is 106 Å². The Kier molecular flexibility index (Phi) is 6.01. The number of nitrogens with one attached hydrogen (secondary N) is 1. The van der Waals surface area contributed by atoms with Crippen molar-refractivity contribution in [2.24, 2.45) is 4.99 Å². The van der Waals surface area contributed by atoms with Gasteiger partial charge in [-0.1, -0.05) is 83.6 Å². The highest BCUT2D eigenvalue weighted by Gasteiger charge is 2.32. The molecule has 0 aliphatic carbocycles. The summed E-state index contributed by atoms with van der Waals surface area (Å²) in [5, 5.41) is 3.59. The molecule has 5 nitrogen and oxygen atoms in total. The van der Waals surface area contributed by atoms with Crippen LogP contribution in [0.4, 0.5) is 5.69 Å².